The summed E-state index contributed by atoms with van der Waals surface area (Å²) < 4.78 is 0. The van der Waals surface area contributed by atoms with Gasteiger partial charge in [0.1, 0.15) is 12.1 Å². The summed E-state index contributed by atoms with van der Waals surface area (Å²) >= 11 is 0. The number of carbonyl (C=O) groups excluding carboxylic acids is 2. The van der Waals surface area contributed by atoms with Gasteiger partial charge in [-0.3, -0.25) is 19.4 Å². The predicted molar refractivity (Wildman–Crippen MR) is 75.9 cm³/mol. The number of carbonyl (C=O) groups is 3. The van der Waals surface area contributed by atoms with Gasteiger partial charge in [-0.2, -0.15) is 0 Å². The number of carboxylic acids is 1. The summed E-state index contributed by atoms with van der Waals surface area (Å²) in [6, 6.07) is -2.22. The lowest BCUT2D eigenvalue weighted by atomic mass is 10.0. The minimum atomic E-state index is -0.994. The molecule has 0 aromatic carbocycles. The molecule has 1 heterocycles. The van der Waals surface area contributed by atoms with E-state index in [0.29, 0.717) is 19.4 Å². The molecule has 120 valence electrons. The van der Waals surface area contributed by atoms with E-state index >= 15 is 0 Å². The van der Waals surface area contributed by atoms with Crippen molar-refractivity contribution >= 4 is 17.8 Å². The lowest BCUT2D eigenvalue weighted by Crippen LogP contribution is -2.60. The molecule has 8 heteroatoms. The Morgan fingerprint density at radius 3 is 2.48 bits per heavy atom. The number of nitrogens with one attached hydrogen (secondary N) is 2. The zero-order chi connectivity index (χ0) is 16.2. The van der Waals surface area contributed by atoms with Crippen LogP contribution in [0.2, 0.25) is 0 Å². The van der Waals surface area contributed by atoms with Crippen LogP contribution in [0.25, 0.3) is 0 Å². The van der Waals surface area contributed by atoms with E-state index in [9.17, 15) is 14.4 Å². The number of hydrogen-bond donors (Lipinski definition) is 4. The van der Waals surface area contributed by atoms with Gasteiger partial charge in [-0.15, -0.1) is 0 Å². The van der Waals surface area contributed by atoms with E-state index in [1.54, 1.807) is 6.92 Å². The van der Waals surface area contributed by atoms with Gasteiger partial charge in [0.15, 0.2) is 0 Å². The number of aliphatic carboxylic acids is 1. The average Bonchev–Trinajstić information content (AvgIpc) is 2.45. The summed E-state index contributed by atoms with van der Waals surface area (Å²) in [5, 5.41) is 12.8. The maximum Gasteiger partial charge on any atom is 0.322 e. The molecule has 2 amide bonds. The fraction of sp³-hybridized carbons (Fsp3) is 0.769. The molecule has 0 radical (unpaired) electrons. The first-order valence-electron chi connectivity index (χ1n) is 7.10. The third-order valence-electron chi connectivity index (χ3n) is 3.50. The fourth-order valence-corrected chi connectivity index (χ4v) is 2.03. The zero-order valence-electron chi connectivity index (χ0n) is 12.6. The number of nitrogens with two attached hydrogens (primary N) is 1. The van der Waals surface area contributed by atoms with Crippen LogP contribution < -0.4 is 16.5 Å². The maximum atomic E-state index is 12.2. The van der Waals surface area contributed by atoms with Crippen LogP contribution in [0.5, 0.6) is 0 Å². The van der Waals surface area contributed by atoms with Crippen molar-refractivity contribution in [3.8, 4) is 0 Å². The quantitative estimate of drug-likeness (QED) is 0.519. The number of rotatable bonds is 5. The van der Waals surface area contributed by atoms with Crippen molar-refractivity contribution in [1.82, 2.24) is 15.8 Å². The number of hydrazine groups is 1. The number of amides is 2. The van der Waals surface area contributed by atoms with Crippen LogP contribution in [-0.2, 0) is 14.4 Å². The van der Waals surface area contributed by atoms with E-state index in [1.165, 1.54) is 5.01 Å². The molecule has 2 unspecified atom stereocenters. The Hall–Kier alpha value is -1.67. The van der Waals surface area contributed by atoms with Crippen LogP contribution in [0.15, 0.2) is 0 Å². The van der Waals surface area contributed by atoms with Crippen molar-refractivity contribution in [2.24, 2.45) is 11.7 Å². The van der Waals surface area contributed by atoms with Gasteiger partial charge in [-0.25, -0.2) is 5.43 Å². The van der Waals surface area contributed by atoms with Gasteiger partial charge in [-0.1, -0.05) is 13.8 Å². The molecule has 1 aliphatic heterocycles. The SMILES string of the molecule is CC(NC(=O)C(N)C(C)C)C(=O)N1CCC[C@@H](C(=O)O)N1. The Labute approximate surface area is 124 Å². The third-order valence-corrected chi connectivity index (χ3v) is 3.50. The molecule has 1 rings (SSSR count). The largest absolute Gasteiger partial charge is 0.480 e. The standard InChI is InChI=1S/C13H24N4O4/c1-7(2)10(14)11(18)15-8(3)12(19)17-6-4-5-9(16-17)13(20)21/h7-10,16H,4-6,14H2,1-3H3,(H,15,18)(H,20,21)/t8?,9-,10?/m0/s1. The van der Waals surface area contributed by atoms with Crippen LogP contribution >= 0.6 is 0 Å². The molecule has 5 N–H and O–H groups in total. The summed E-state index contributed by atoms with van der Waals surface area (Å²) in [5.74, 6) is -1.79. The van der Waals surface area contributed by atoms with Crippen LogP contribution in [-0.4, -0.2) is 52.6 Å². The first-order chi connectivity index (χ1) is 9.73. The summed E-state index contributed by atoms with van der Waals surface area (Å²) in [7, 11) is 0. The smallest absolute Gasteiger partial charge is 0.322 e. The summed E-state index contributed by atoms with van der Waals surface area (Å²) in [4.78, 5) is 35.0. The van der Waals surface area contributed by atoms with E-state index in [0.717, 1.165) is 0 Å². The summed E-state index contributed by atoms with van der Waals surface area (Å²) in [6.07, 6.45) is 1.07. The van der Waals surface area contributed by atoms with Gasteiger partial charge < -0.3 is 16.2 Å². The normalized spacial score (nSPS) is 21.8. The van der Waals surface area contributed by atoms with Gasteiger partial charge in [0, 0.05) is 6.54 Å². The van der Waals surface area contributed by atoms with Crippen molar-refractivity contribution < 1.29 is 19.5 Å². The van der Waals surface area contributed by atoms with Crippen molar-refractivity contribution in [3.63, 3.8) is 0 Å². The Bertz CT molecular complexity index is 413. The minimum absolute atomic E-state index is 0.0307. The monoisotopic (exact) mass is 300 g/mol. The maximum absolute atomic E-state index is 12.2. The molecule has 1 saturated heterocycles. The van der Waals surface area contributed by atoms with Crippen LogP contribution in [0, 0.1) is 5.92 Å². The Kier molecular flexibility index (Phi) is 6.10. The third kappa shape index (κ3) is 4.68. The van der Waals surface area contributed by atoms with Crippen LogP contribution in [0.3, 0.4) is 0 Å². The lowest BCUT2D eigenvalue weighted by Gasteiger charge is -2.33. The molecule has 0 bridgehead atoms. The molecule has 0 spiro atoms. The Morgan fingerprint density at radius 2 is 1.95 bits per heavy atom. The Morgan fingerprint density at radius 1 is 1.33 bits per heavy atom. The number of nitrogens with zero attached hydrogens (tertiary/aromatic N) is 1. The molecular formula is C13H24N4O4. The highest BCUT2D eigenvalue weighted by Crippen LogP contribution is 2.09. The predicted octanol–water partition coefficient (Wildman–Crippen LogP) is -0.945. The topological polar surface area (TPSA) is 125 Å². The van der Waals surface area contributed by atoms with Crippen molar-refractivity contribution in [2.45, 2.75) is 51.7 Å². The summed E-state index contributed by atoms with van der Waals surface area (Å²) in [5.41, 5.74) is 8.38. The number of carboxylic acid groups (broad SMARTS) is 1. The van der Waals surface area contributed by atoms with Crippen LogP contribution in [0.1, 0.15) is 33.6 Å². The van der Waals surface area contributed by atoms with Crippen molar-refractivity contribution in [3.05, 3.63) is 0 Å². The van der Waals surface area contributed by atoms with Gasteiger partial charge >= 0.3 is 5.97 Å². The molecule has 0 saturated carbocycles. The molecule has 1 aliphatic rings. The molecule has 0 aromatic rings. The lowest BCUT2D eigenvalue weighted by molar-refractivity contribution is -0.148. The van der Waals surface area contributed by atoms with Gasteiger partial charge in [0.05, 0.1) is 6.04 Å². The van der Waals surface area contributed by atoms with Gasteiger partial charge in [-0.05, 0) is 25.7 Å². The summed E-state index contributed by atoms with van der Waals surface area (Å²) in [6.45, 7) is 5.61. The van der Waals surface area contributed by atoms with Gasteiger partial charge in [0.25, 0.3) is 5.91 Å². The van der Waals surface area contributed by atoms with E-state index in [2.05, 4.69) is 10.7 Å². The van der Waals surface area contributed by atoms with E-state index < -0.39 is 30.0 Å². The second-order valence-electron chi connectivity index (χ2n) is 5.65. The van der Waals surface area contributed by atoms with Crippen molar-refractivity contribution in [1.29, 1.82) is 0 Å². The molecule has 8 nitrogen and oxygen atoms in total. The molecule has 0 aromatic heterocycles. The van der Waals surface area contributed by atoms with Crippen LogP contribution in [0.4, 0.5) is 0 Å². The molecular weight excluding hydrogens is 276 g/mol. The van der Waals surface area contributed by atoms with Gasteiger partial charge in [0.2, 0.25) is 5.91 Å². The highest BCUT2D eigenvalue weighted by atomic mass is 16.4. The number of hydrogen-bond acceptors (Lipinski definition) is 5. The average molecular weight is 300 g/mol. The van der Waals surface area contributed by atoms with E-state index in [4.69, 9.17) is 10.8 Å². The van der Waals surface area contributed by atoms with E-state index in [1.807, 2.05) is 13.8 Å². The molecule has 21 heavy (non-hydrogen) atoms. The van der Waals surface area contributed by atoms with E-state index in [-0.39, 0.29) is 11.8 Å². The molecule has 1 fully saturated rings. The van der Waals surface area contributed by atoms with Crippen molar-refractivity contribution in [2.75, 3.05) is 6.54 Å². The zero-order valence-corrected chi connectivity index (χ0v) is 12.6. The highest BCUT2D eigenvalue weighted by molar-refractivity contribution is 5.89. The Balaban J connectivity index is 2.57. The highest BCUT2D eigenvalue weighted by Gasteiger charge is 2.31. The second kappa shape index (κ2) is 7.37. The first kappa shape index (κ1) is 17.4. The first-order valence-corrected chi connectivity index (χ1v) is 7.10. The molecule has 0 aliphatic carbocycles. The fourth-order valence-electron chi connectivity index (χ4n) is 2.03. The molecule has 3 atom stereocenters. The minimum Gasteiger partial charge on any atom is -0.480 e. The second-order valence-corrected chi connectivity index (χ2v) is 5.65.